The van der Waals surface area contributed by atoms with Crippen molar-refractivity contribution in [1.82, 2.24) is 10.3 Å². The van der Waals surface area contributed by atoms with Crippen LogP contribution in [-0.4, -0.2) is 28.5 Å². The number of pyridine rings is 1. The molecule has 5 heteroatoms. The van der Waals surface area contributed by atoms with Crippen LogP contribution in [0.4, 0.5) is 0 Å². The first-order valence-corrected chi connectivity index (χ1v) is 6.38. The average molecular weight is 264 g/mol. The van der Waals surface area contributed by atoms with E-state index in [1.54, 1.807) is 6.20 Å². The van der Waals surface area contributed by atoms with Crippen LogP contribution in [0.1, 0.15) is 31.0 Å². The molecule has 0 radical (unpaired) electrons. The number of hydrogen-bond donors (Lipinski definition) is 2. The van der Waals surface area contributed by atoms with Crippen LogP contribution >= 0.6 is 0 Å². The van der Waals surface area contributed by atoms with Gasteiger partial charge in [-0.05, 0) is 30.9 Å². The van der Waals surface area contributed by atoms with Gasteiger partial charge in [-0.1, -0.05) is 13.0 Å². The number of carbonyl (C=O) groups is 2. The van der Waals surface area contributed by atoms with Gasteiger partial charge in [-0.25, -0.2) is 0 Å². The molecule has 0 aliphatic heterocycles. The minimum Gasteiger partial charge on any atom is -0.481 e. The van der Waals surface area contributed by atoms with Crippen molar-refractivity contribution in [2.45, 2.75) is 33.1 Å². The second-order valence-corrected chi connectivity index (χ2v) is 4.79. The molecule has 1 amide bonds. The number of aryl methyl sites for hydroxylation is 1. The predicted octanol–water partition coefficient (Wildman–Crippen LogP) is 1.55. The molecule has 1 unspecified atom stereocenters. The number of hydrogen-bond acceptors (Lipinski definition) is 3. The van der Waals surface area contributed by atoms with E-state index in [1.165, 1.54) is 0 Å². The molecule has 5 nitrogen and oxygen atoms in total. The van der Waals surface area contributed by atoms with Gasteiger partial charge in [-0.15, -0.1) is 0 Å². The number of carbonyl (C=O) groups excluding carboxylic acids is 1. The summed E-state index contributed by atoms with van der Waals surface area (Å²) in [6.45, 7) is 4.35. The lowest BCUT2D eigenvalue weighted by atomic mass is 10.1. The highest BCUT2D eigenvalue weighted by Crippen LogP contribution is 2.06. The Labute approximate surface area is 113 Å². The number of amides is 1. The summed E-state index contributed by atoms with van der Waals surface area (Å²) in [5, 5.41) is 11.4. The standard InChI is InChI=1S/C14H20N2O3/c1-10(5-6-14(18)19)9-16-13(17)8-12-11(2)4-3-7-15-12/h3-4,7,10H,5-6,8-9H2,1-2H3,(H,16,17)(H,18,19). The van der Waals surface area contributed by atoms with Crippen LogP contribution in [-0.2, 0) is 16.0 Å². The Morgan fingerprint density at radius 2 is 2.21 bits per heavy atom. The van der Waals surface area contributed by atoms with Crippen molar-refractivity contribution in [3.8, 4) is 0 Å². The lowest BCUT2D eigenvalue weighted by molar-refractivity contribution is -0.137. The van der Waals surface area contributed by atoms with Gasteiger partial charge in [0.25, 0.3) is 0 Å². The molecule has 0 saturated carbocycles. The van der Waals surface area contributed by atoms with Crippen LogP contribution in [0, 0.1) is 12.8 Å². The van der Waals surface area contributed by atoms with Crippen LogP contribution in [0.15, 0.2) is 18.3 Å². The maximum atomic E-state index is 11.7. The summed E-state index contributed by atoms with van der Waals surface area (Å²) in [5.74, 6) is -0.726. The van der Waals surface area contributed by atoms with E-state index in [9.17, 15) is 9.59 Å². The normalized spacial score (nSPS) is 11.9. The van der Waals surface area contributed by atoms with Crippen molar-refractivity contribution in [2.75, 3.05) is 6.54 Å². The molecule has 1 atom stereocenters. The minimum atomic E-state index is -0.803. The average Bonchev–Trinajstić information content (AvgIpc) is 2.36. The van der Waals surface area contributed by atoms with Crippen molar-refractivity contribution in [2.24, 2.45) is 5.92 Å². The maximum Gasteiger partial charge on any atom is 0.303 e. The molecule has 19 heavy (non-hydrogen) atoms. The molecule has 0 aliphatic rings. The van der Waals surface area contributed by atoms with Gasteiger partial charge in [0.15, 0.2) is 0 Å². The first kappa shape index (κ1) is 15.1. The largest absolute Gasteiger partial charge is 0.481 e. The van der Waals surface area contributed by atoms with Crippen molar-refractivity contribution in [1.29, 1.82) is 0 Å². The Bertz CT molecular complexity index is 446. The van der Waals surface area contributed by atoms with E-state index in [0.717, 1.165) is 11.3 Å². The van der Waals surface area contributed by atoms with Crippen molar-refractivity contribution in [3.05, 3.63) is 29.6 Å². The Hall–Kier alpha value is -1.91. The Balaban J connectivity index is 2.32. The summed E-state index contributed by atoms with van der Waals surface area (Å²) in [6, 6.07) is 3.76. The quantitative estimate of drug-likeness (QED) is 0.783. The van der Waals surface area contributed by atoms with Gasteiger partial charge in [-0.3, -0.25) is 14.6 Å². The van der Waals surface area contributed by atoms with Gasteiger partial charge in [0.05, 0.1) is 12.1 Å². The summed E-state index contributed by atoms with van der Waals surface area (Å²) in [5.41, 5.74) is 1.77. The maximum absolute atomic E-state index is 11.7. The first-order chi connectivity index (χ1) is 8.99. The molecule has 0 bridgehead atoms. The van der Waals surface area contributed by atoms with E-state index in [0.29, 0.717) is 13.0 Å². The topological polar surface area (TPSA) is 79.3 Å². The molecular formula is C14H20N2O3. The number of aliphatic carboxylic acids is 1. The predicted molar refractivity (Wildman–Crippen MR) is 71.7 cm³/mol. The van der Waals surface area contributed by atoms with Crippen LogP contribution < -0.4 is 5.32 Å². The molecule has 1 aromatic rings. The van der Waals surface area contributed by atoms with Crippen molar-refractivity contribution < 1.29 is 14.7 Å². The number of carboxylic acids is 1. The van der Waals surface area contributed by atoms with Gasteiger partial charge in [-0.2, -0.15) is 0 Å². The van der Waals surface area contributed by atoms with Crippen LogP contribution in [0.2, 0.25) is 0 Å². The van der Waals surface area contributed by atoms with E-state index in [2.05, 4.69) is 10.3 Å². The van der Waals surface area contributed by atoms with E-state index in [1.807, 2.05) is 26.0 Å². The summed E-state index contributed by atoms with van der Waals surface area (Å²) in [4.78, 5) is 26.3. The minimum absolute atomic E-state index is 0.0797. The SMILES string of the molecule is Cc1cccnc1CC(=O)NCC(C)CCC(=O)O. The van der Waals surface area contributed by atoms with Gasteiger partial charge < -0.3 is 10.4 Å². The van der Waals surface area contributed by atoms with Crippen LogP contribution in [0.3, 0.4) is 0 Å². The van der Waals surface area contributed by atoms with E-state index >= 15 is 0 Å². The molecule has 2 N–H and O–H groups in total. The summed E-state index contributed by atoms with van der Waals surface area (Å²) in [6.07, 6.45) is 2.64. The molecule has 0 aromatic carbocycles. The fraction of sp³-hybridized carbons (Fsp3) is 0.500. The smallest absolute Gasteiger partial charge is 0.303 e. The molecule has 0 spiro atoms. The zero-order valence-corrected chi connectivity index (χ0v) is 11.3. The Morgan fingerprint density at radius 3 is 2.84 bits per heavy atom. The third-order valence-corrected chi connectivity index (χ3v) is 2.94. The lowest BCUT2D eigenvalue weighted by Crippen LogP contribution is -2.30. The van der Waals surface area contributed by atoms with E-state index in [4.69, 9.17) is 5.11 Å². The fourth-order valence-corrected chi connectivity index (χ4v) is 1.68. The highest BCUT2D eigenvalue weighted by atomic mass is 16.4. The number of aromatic nitrogens is 1. The first-order valence-electron chi connectivity index (χ1n) is 6.38. The van der Waals surface area contributed by atoms with Crippen LogP contribution in [0.25, 0.3) is 0 Å². The Morgan fingerprint density at radius 1 is 1.47 bits per heavy atom. The van der Waals surface area contributed by atoms with Gasteiger partial charge in [0.2, 0.25) is 5.91 Å². The molecule has 0 aliphatic carbocycles. The molecule has 1 aromatic heterocycles. The fourth-order valence-electron chi connectivity index (χ4n) is 1.68. The molecule has 0 saturated heterocycles. The van der Waals surface area contributed by atoms with Gasteiger partial charge in [0, 0.05) is 19.2 Å². The summed E-state index contributed by atoms with van der Waals surface area (Å²) < 4.78 is 0. The van der Waals surface area contributed by atoms with E-state index in [-0.39, 0.29) is 24.7 Å². The highest BCUT2D eigenvalue weighted by molar-refractivity contribution is 5.78. The second-order valence-electron chi connectivity index (χ2n) is 4.79. The summed E-state index contributed by atoms with van der Waals surface area (Å²) in [7, 11) is 0. The third-order valence-electron chi connectivity index (χ3n) is 2.94. The number of nitrogens with one attached hydrogen (secondary N) is 1. The molecule has 0 fully saturated rings. The monoisotopic (exact) mass is 264 g/mol. The molecule has 104 valence electrons. The molecule has 1 heterocycles. The molecule has 1 rings (SSSR count). The number of carboxylic acid groups (broad SMARTS) is 1. The zero-order valence-electron chi connectivity index (χ0n) is 11.3. The van der Waals surface area contributed by atoms with E-state index < -0.39 is 5.97 Å². The van der Waals surface area contributed by atoms with Crippen molar-refractivity contribution in [3.63, 3.8) is 0 Å². The molecular weight excluding hydrogens is 244 g/mol. The van der Waals surface area contributed by atoms with Gasteiger partial charge >= 0.3 is 5.97 Å². The third kappa shape index (κ3) is 5.99. The van der Waals surface area contributed by atoms with Crippen molar-refractivity contribution >= 4 is 11.9 Å². The zero-order chi connectivity index (χ0) is 14.3. The second kappa shape index (κ2) is 7.51. The summed E-state index contributed by atoms with van der Waals surface area (Å²) >= 11 is 0. The van der Waals surface area contributed by atoms with Gasteiger partial charge in [0.1, 0.15) is 0 Å². The number of rotatable bonds is 7. The lowest BCUT2D eigenvalue weighted by Gasteiger charge is -2.11. The highest BCUT2D eigenvalue weighted by Gasteiger charge is 2.09. The Kier molecular flexibility index (Phi) is 5.99. The number of nitrogens with zero attached hydrogens (tertiary/aromatic N) is 1. The van der Waals surface area contributed by atoms with Crippen LogP contribution in [0.5, 0.6) is 0 Å².